The highest BCUT2D eigenvalue weighted by Crippen LogP contribution is 2.29. The van der Waals surface area contributed by atoms with Crippen molar-refractivity contribution in [3.05, 3.63) is 114 Å². The maximum Gasteiger partial charge on any atom is 0.349 e. The summed E-state index contributed by atoms with van der Waals surface area (Å²) in [6.07, 6.45) is 1.19. The Morgan fingerprint density at radius 1 is 1.09 bits per heavy atom. The van der Waals surface area contributed by atoms with Crippen molar-refractivity contribution in [1.29, 1.82) is 0 Å². The maximum absolute atomic E-state index is 12.5. The van der Waals surface area contributed by atoms with Crippen molar-refractivity contribution < 1.29 is 9.66 Å². The topological polar surface area (TPSA) is 120 Å². The molecule has 3 aromatic carbocycles. The first kappa shape index (κ1) is 21.0. The summed E-state index contributed by atoms with van der Waals surface area (Å²) < 4.78 is 6.25. The summed E-state index contributed by atoms with van der Waals surface area (Å²) in [7, 11) is 0. The fourth-order valence-corrected chi connectivity index (χ4v) is 3.22. The third kappa shape index (κ3) is 4.28. The van der Waals surface area contributed by atoms with Crippen LogP contribution in [-0.2, 0) is 6.61 Å². The number of fused-ring (bicyclic) bond motifs is 1. The zero-order valence-corrected chi connectivity index (χ0v) is 17.2. The smallest absolute Gasteiger partial charge is 0.349 e. The predicted molar refractivity (Wildman–Crippen MR) is 121 cm³/mol. The van der Waals surface area contributed by atoms with E-state index in [1.165, 1.54) is 24.4 Å². The minimum Gasteiger partial charge on any atom is -0.482 e. The second-order valence-corrected chi connectivity index (χ2v) is 7.11. The third-order valence-corrected chi connectivity index (χ3v) is 5.00. The fraction of sp³-hybridized carbons (Fsp3) is 0.0455. The average molecular weight is 451 g/mol. The molecule has 32 heavy (non-hydrogen) atoms. The molecule has 0 atom stereocenters. The molecule has 1 heterocycles. The monoisotopic (exact) mass is 450 g/mol. The van der Waals surface area contributed by atoms with Gasteiger partial charge in [0.1, 0.15) is 6.61 Å². The summed E-state index contributed by atoms with van der Waals surface area (Å²) in [6.45, 7) is 0.0514. The minimum absolute atomic E-state index is 0.0489. The van der Waals surface area contributed by atoms with Crippen LogP contribution in [0.2, 0.25) is 5.02 Å². The molecular formula is C22H15ClN4O5. The van der Waals surface area contributed by atoms with Crippen molar-refractivity contribution in [2.24, 2.45) is 5.10 Å². The van der Waals surface area contributed by atoms with Crippen LogP contribution in [0.25, 0.3) is 10.9 Å². The van der Waals surface area contributed by atoms with Crippen LogP contribution in [0.5, 0.6) is 5.75 Å². The molecule has 9 nitrogen and oxygen atoms in total. The average Bonchev–Trinajstić information content (AvgIpc) is 2.78. The van der Waals surface area contributed by atoms with Crippen molar-refractivity contribution >= 4 is 34.4 Å². The van der Waals surface area contributed by atoms with E-state index in [0.29, 0.717) is 31.7 Å². The van der Waals surface area contributed by atoms with Crippen LogP contribution in [0.3, 0.4) is 0 Å². The van der Waals surface area contributed by atoms with Crippen LogP contribution in [-0.4, -0.2) is 20.8 Å². The molecule has 0 unspecified atom stereocenters. The van der Waals surface area contributed by atoms with Crippen molar-refractivity contribution in [3.63, 3.8) is 0 Å². The first-order valence-corrected chi connectivity index (χ1v) is 9.75. The number of hydrogen-bond donors (Lipinski definition) is 1. The Morgan fingerprint density at radius 2 is 1.84 bits per heavy atom. The largest absolute Gasteiger partial charge is 0.482 e. The zero-order chi connectivity index (χ0) is 22.7. The normalized spacial score (nSPS) is 11.2. The Hall–Kier alpha value is -4.24. The van der Waals surface area contributed by atoms with E-state index in [1.807, 2.05) is 0 Å². The number of halogens is 1. The Morgan fingerprint density at radius 3 is 2.62 bits per heavy atom. The number of H-pyrrole nitrogens is 1. The molecule has 1 N–H and O–H groups in total. The third-order valence-electron chi connectivity index (χ3n) is 4.63. The van der Waals surface area contributed by atoms with Crippen molar-refractivity contribution in [3.8, 4) is 5.75 Å². The molecule has 0 saturated carbocycles. The second kappa shape index (κ2) is 8.86. The molecular weight excluding hydrogens is 436 g/mol. The first-order chi connectivity index (χ1) is 15.4. The first-order valence-electron chi connectivity index (χ1n) is 9.37. The lowest BCUT2D eigenvalue weighted by Crippen LogP contribution is -2.32. The molecule has 0 bridgehead atoms. The Kier molecular flexibility index (Phi) is 5.82. The van der Waals surface area contributed by atoms with E-state index in [-0.39, 0.29) is 18.0 Å². The molecule has 1 aromatic heterocycles. The zero-order valence-electron chi connectivity index (χ0n) is 16.4. The molecule has 4 rings (SSSR count). The van der Waals surface area contributed by atoms with Gasteiger partial charge in [-0.25, -0.2) is 4.79 Å². The SMILES string of the molecule is O=c1[nH]c2ccccc2c(=O)n1N=Cc1ccc(OCc2ccccc2Cl)c([N+](=O)[O-])c1. The van der Waals surface area contributed by atoms with Crippen LogP contribution in [0.4, 0.5) is 5.69 Å². The van der Waals surface area contributed by atoms with E-state index >= 15 is 0 Å². The van der Waals surface area contributed by atoms with Gasteiger partial charge in [-0.2, -0.15) is 5.10 Å². The van der Waals surface area contributed by atoms with Gasteiger partial charge in [0.15, 0.2) is 5.75 Å². The van der Waals surface area contributed by atoms with Gasteiger partial charge in [0.2, 0.25) is 0 Å². The number of aromatic nitrogens is 2. The Balaban J connectivity index is 1.63. The number of nitro benzene ring substituents is 1. The summed E-state index contributed by atoms with van der Waals surface area (Å²) in [5.74, 6) is 0.0489. The number of hydrogen-bond acceptors (Lipinski definition) is 6. The highest BCUT2D eigenvalue weighted by Gasteiger charge is 2.16. The maximum atomic E-state index is 12.5. The number of nitrogens with one attached hydrogen (secondary N) is 1. The van der Waals surface area contributed by atoms with E-state index in [9.17, 15) is 19.7 Å². The van der Waals surface area contributed by atoms with Crippen molar-refractivity contribution in [1.82, 2.24) is 9.66 Å². The van der Waals surface area contributed by atoms with Crippen molar-refractivity contribution in [2.75, 3.05) is 0 Å². The number of rotatable bonds is 6. The fourth-order valence-electron chi connectivity index (χ4n) is 3.03. The molecule has 0 aliphatic carbocycles. The van der Waals surface area contributed by atoms with Crippen molar-refractivity contribution in [2.45, 2.75) is 6.61 Å². The van der Waals surface area contributed by atoms with Gasteiger partial charge in [0.05, 0.1) is 22.0 Å². The van der Waals surface area contributed by atoms with Gasteiger partial charge >= 0.3 is 11.4 Å². The molecule has 0 radical (unpaired) electrons. The standard InChI is InChI=1S/C22H15ClN4O5/c23-17-7-3-1-5-15(17)13-32-20-10-9-14(11-19(20)27(30)31)12-24-26-21(28)16-6-2-4-8-18(16)25-22(26)29/h1-12H,13H2,(H,25,29). The second-order valence-electron chi connectivity index (χ2n) is 6.70. The number of ether oxygens (including phenoxy) is 1. The van der Waals surface area contributed by atoms with Crippen LogP contribution in [0.15, 0.2) is 81.4 Å². The number of benzene rings is 3. The van der Waals surface area contributed by atoms with Crippen LogP contribution in [0, 0.1) is 10.1 Å². The molecule has 0 spiro atoms. The van der Waals surface area contributed by atoms with Gasteiger partial charge in [0.25, 0.3) is 5.56 Å². The molecule has 0 aliphatic rings. The van der Waals surface area contributed by atoms with E-state index < -0.39 is 16.2 Å². The molecule has 0 saturated heterocycles. The van der Waals surface area contributed by atoms with Crippen LogP contribution in [0.1, 0.15) is 11.1 Å². The summed E-state index contributed by atoms with van der Waals surface area (Å²) in [4.78, 5) is 38.2. The highest BCUT2D eigenvalue weighted by atomic mass is 35.5. The number of nitrogens with zero attached hydrogens (tertiary/aromatic N) is 3. The number of aromatic amines is 1. The lowest BCUT2D eigenvalue weighted by Gasteiger charge is -2.08. The van der Waals surface area contributed by atoms with Gasteiger partial charge in [0, 0.05) is 22.2 Å². The summed E-state index contributed by atoms with van der Waals surface area (Å²) in [5, 5.41) is 16.2. The quantitative estimate of drug-likeness (QED) is 0.273. The summed E-state index contributed by atoms with van der Waals surface area (Å²) in [6, 6.07) is 17.7. The lowest BCUT2D eigenvalue weighted by atomic mass is 10.2. The van der Waals surface area contributed by atoms with E-state index in [4.69, 9.17) is 16.3 Å². The highest BCUT2D eigenvalue weighted by molar-refractivity contribution is 6.31. The summed E-state index contributed by atoms with van der Waals surface area (Å²) >= 11 is 6.09. The Bertz CT molecular complexity index is 1480. The molecule has 0 fully saturated rings. The van der Waals surface area contributed by atoms with Gasteiger partial charge in [-0.3, -0.25) is 14.9 Å². The lowest BCUT2D eigenvalue weighted by molar-refractivity contribution is -0.385. The molecule has 0 aliphatic heterocycles. The molecule has 4 aromatic rings. The van der Waals surface area contributed by atoms with Gasteiger partial charge < -0.3 is 9.72 Å². The predicted octanol–water partition coefficient (Wildman–Crippen LogP) is 3.71. The van der Waals surface area contributed by atoms with Crippen LogP contribution >= 0.6 is 11.6 Å². The van der Waals surface area contributed by atoms with E-state index in [2.05, 4.69) is 10.1 Å². The van der Waals surface area contributed by atoms with E-state index in [1.54, 1.807) is 48.5 Å². The van der Waals surface area contributed by atoms with Gasteiger partial charge in [-0.15, -0.1) is 4.68 Å². The minimum atomic E-state index is -0.723. The van der Waals surface area contributed by atoms with Gasteiger partial charge in [-0.1, -0.05) is 41.9 Å². The summed E-state index contributed by atoms with van der Waals surface area (Å²) in [5.41, 5.74) is -0.232. The van der Waals surface area contributed by atoms with Gasteiger partial charge in [-0.05, 0) is 30.3 Å². The molecule has 10 heteroatoms. The Labute approximate surface area is 185 Å². The van der Waals surface area contributed by atoms with Crippen LogP contribution < -0.4 is 16.0 Å². The molecule has 160 valence electrons. The van der Waals surface area contributed by atoms with E-state index in [0.717, 1.165) is 0 Å². The number of para-hydroxylation sites is 1. The number of nitro groups is 1. The molecule has 0 amide bonds.